The molecule has 0 saturated carbocycles. The van der Waals surface area contributed by atoms with Crippen molar-refractivity contribution in [1.82, 2.24) is 4.98 Å². The van der Waals surface area contributed by atoms with Crippen molar-refractivity contribution < 1.29 is 0 Å². The molecule has 1 aliphatic heterocycles. The number of nitrogens with two attached hydrogens (primary N) is 1. The topological polar surface area (TPSA) is 66.0 Å². The number of anilines is 1. The molecular weight excluding hydrogens is 200 g/mol. The number of amidine groups is 1. The minimum Gasteiger partial charge on any atom is -0.382 e. The molecule has 2 atom stereocenters. The third kappa shape index (κ3) is 2.01. The summed E-state index contributed by atoms with van der Waals surface area (Å²) in [5.74, 6) is 1.48. The average Bonchev–Trinajstić information content (AvgIpc) is 2.59. The van der Waals surface area contributed by atoms with E-state index in [9.17, 15) is 0 Å². The Hall–Kier alpha value is -1.58. The first-order valence-electron chi connectivity index (χ1n) is 5.63. The first kappa shape index (κ1) is 10.9. The summed E-state index contributed by atoms with van der Waals surface area (Å²) < 4.78 is 0. The zero-order valence-electron chi connectivity index (χ0n) is 9.77. The van der Waals surface area contributed by atoms with E-state index in [-0.39, 0.29) is 5.84 Å². The van der Waals surface area contributed by atoms with Crippen molar-refractivity contribution in [1.29, 1.82) is 5.41 Å². The Kier molecular flexibility index (Phi) is 2.81. The Morgan fingerprint density at radius 2 is 2.00 bits per heavy atom. The number of rotatable bonds is 2. The lowest BCUT2D eigenvalue weighted by molar-refractivity contribution is 0.494. The lowest BCUT2D eigenvalue weighted by atomic mass is 10.0. The molecule has 2 heterocycles. The number of nitrogens with zero attached hydrogens (tertiary/aromatic N) is 2. The first-order chi connectivity index (χ1) is 7.58. The summed E-state index contributed by atoms with van der Waals surface area (Å²) >= 11 is 0. The molecule has 16 heavy (non-hydrogen) atoms. The van der Waals surface area contributed by atoms with Crippen LogP contribution in [0.3, 0.4) is 0 Å². The summed E-state index contributed by atoms with van der Waals surface area (Å²) in [5, 5.41) is 7.28. The second-order valence-electron chi connectivity index (χ2n) is 4.67. The molecule has 1 saturated heterocycles. The number of nitrogen functional groups attached to an aromatic ring is 1. The van der Waals surface area contributed by atoms with E-state index >= 15 is 0 Å². The van der Waals surface area contributed by atoms with Gasteiger partial charge in [-0.2, -0.15) is 0 Å². The largest absolute Gasteiger partial charge is 0.382 e. The van der Waals surface area contributed by atoms with Gasteiger partial charge in [-0.05, 0) is 24.0 Å². The maximum Gasteiger partial charge on any atom is 0.141 e. The molecule has 4 nitrogen and oxygen atoms in total. The normalized spacial score (nSPS) is 24.8. The highest BCUT2D eigenvalue weighted by molar-refractivity contribution is 5.93. The Morgan fingerprint density at radius 3 is 2.44 bits per heavy atom. The zero-order chi connectivity index (χ0) is 11.7. The van der Waals surface area contributed by atoms with Crippen LogP contribution < -0.4 is 10.6 Å². The molecule has 1 aromatic rings. The SMILES string of the molecule is CC1CN(c2ccc(C(=N)N)nc2)CC1C. The van der Waals surface area contributed by atoms with Crippen molar-refractivity contribution in [3.63, 3.8) is 0 Å². The van der Waals surface area contributed by atoms with Gasteiger partial charge in [0.1, 0.15) is 11.5 Å². The molecule has 3 N–H and O–H groups in total. The molecule has 4 heteroatoms. The van der Waals surface area contributed by atoms with E-state index in [2.05, 4.69) is 23.7 Å². The fourth-order valence-corrected chi connectivity index (χ4v) is 2.07. The van der Waals surface area contributed by atoms with E-state index in [1.807, 2.05) is 18.3 Å². The summed E-state index contributed by atoms with van der Waals surface area (Å²) in [4.78, 5) is 6.52. The van der Waals surface area contributed by atoms with Gasteiger partial charge in [0.2, 0.25) is 0 Å². The van der Waals surface area contributed by atoms with Crippen molar-refractivity contribution in [2.45, 2.75) is 13.8 Å². The third-order valence-corrected chi connectivity index (χ3v) is 3.38. The molecule has 0 amide bonds. The van der Waals surface area contributed by atoms with Crippen LogP contribution in [0, 0.1) is 17.2 Å². The predicted octanol–water partition coefficient (Wildman–Crippen LogP) is 1.46. The van der Waals surface area contributed by atoms with Crippen LogP contribution in [0.2, 0.25) is 0 Å². The van der Waals surface area contributed by atoms with Gasteiger partial charge in [0, 0.05) is 13.1 Å². The molecule has 86 valence electrons. The molecule has 1 aliphatic rings. The van der Waals surface area contributed by atoms with Crippen molar-refractivity contribution in [3.8, 4) is 0 Å². The van der Waals surface area contributed by atoms with Crippen molar-refractivity contribution in [3.05, 3.63) is 24.0 Å². The Labute approximate surface area is 96.0 Å². The smallest absolute Gasteiger partial charge is 0.141 e. The Balaban J connectivity index is 2.14. The number of hydrogen-bond acceptors (Lipinski definition) is 3. The van der Waals surface area contributed by atoms with Crippen LogP contribution in [-0.2, 0) is 0 Å². The molecule has 2 unspecified atom stereocenters. The zero-order valence-corrected chi connectivity index (χ0v) is 9.77. The lowest BCUT2D eigenvalue weighted by Crippen LogP contribution is -2.20. The highest BCUT2D eigenvalue weighted by Gasteiger charge is 2.26. The summed E-state index contributed by atoms with van der Waals surface area (Å²) in [6.45, 7) is 6.73. The summed E-state index contributed by atoms with van der Waals surface area (Å²) in [6, 6.07) is 3.81. The van der Waals surface area contributed by atoms with Crippen molar-refractivity contribution >= 4 is 11.5 Å². The van der Waals surface area contributed by atoms with Crippen molar-refractivity contribution in [2.24, 2.45) is 17.6 Å². The predicted molar refractivity (Wildman–Crippen MR) is 65.8 cm³/mol. The monoisotopic (exact) mass is 218 g/mol. The molecular formula is C12H18N4. The van der Waals surface area contributed by atoms with Gasteiger partial charge in [0.05, 0.1) is 11.9 Å². The van der Waals surface area contributed by atoms with Gasteiger partial charge in [-0.15, -0.1) is 0 Å². The van der Waals surface area contributed by atoms with E-state index < -0.39 is 0 Å². The lowest BCUT2D eigenvalue weighted by Gasteiger charge is -2.17. The summed E-state index contributed by atoms with van der Waals surface area (Å²) in [7, 11) is 0. The van der Waals surface area contributed by atoms with E-state index in [0.717, 1.165) is 30.6 Å². The standard InChI is InChI=1S/C12H18N4/c1-8-6-16(7-9(8)2)10-3-4-11(12(13)14)15-5-10/h3-5,8-9H,6-7H2,1-2H3,(H3,13,14). The van der Waals surface area contributed by atoms with Crippen molar-refractivity contribution in [2.75, 3.05) is 18.0 Å². The van der Waals surface area contributed by atoms with Gasteiger partial charge < -0.3 is 10.6 Å². The van der Waals surface area contributed by atoms with E-state index in [1.165, 1.54) is 0 Å². The van der Waals surface area contributed by atoms with Crippen LogP contribution in [-0.4, -0.2) is 23.9 Å². The molecule has 1 aromatic heterocycles. The number of hydrogen-bond donors (Lipinski definition) is 2. The minimum atomic E-state index is 0.0229. The van der Waals surface area contributed by atoms with Crippen LogP contribution in [0.25, 0.3) is 0 Å². The fraction of sp³-hybridized carbons (Fsp3) is 0.500. The van der Waals surface area contributed by atoms with Crippen LogP contribution in [0.15, 0.2) is 18.3 Å². The molecule has 1 fully saturated rings. The Morgan fingerprint density at radius 1 is 1.38 bits per heavy atom. The first-order valence-corrected chi connectivity index (χ1v) is 5.63. The van der Waals surface area contributed by atoms with Gasteiger partial charge in [-0.3, -0.25) is 10.4 Å². The number of aromatic nitrogens is 1. The molecule has 0 aromatic carbocycles. The van der Waals surface area contributed by atoms with Crippen LogP contribution in [0.1, 0.15) is 19.5 Å². The molecule has 2 rings (SSSR count). The molecule has 0 radical (unpaired) electrons. The molecule has 0 bridgehead atoms. The summed E-state index contributed by atoms with van der Waals surface area (Å²) in [6.07, 6.45) is 1.81. The van der Waals surface area contributed by atoms with Gasteiger partial charge in [0.15, 0.2) is 0 Å². The second-order valence-corrected chi connectivity index (χ2v) is 4.67. The second kappa shape index (κ2) is 4.12. The third-order valence-electron chi connectivity index (χ3n) is 3.38. The molecule has 0 spiro atoms. The van der Waals surface area contributed by atoms with E-state index in [0.29, 0.717) is 5.69 Å². The quantitative estimate of drug-likeness (QED) is 0.583. The average molecular weight is 218 g/mol. The minimum absolute atomic E-state index is 0.0229. The summed E-state index contributed by atoms with van der Waals surface area (Å²) in [5.41, 5.74) is 7.04. The van der Waals surface area contributed by atoms with Crippen LogP contribution in [0.5, 0.6) is 0 Å². The number of pyridine rings is 1. The van der Waals surface area contributed by atoms with Gasteiger partial charge in [-0.1, -0.05) is 13.8 Å². The van der Waals surface area contributed by atoms with Gasteiger partial charge >= 0.3 is 0 Å². The van der Waals surface area contributed by atoms with Gasteiger partial charge in [-0.25, -0.2) is 0 Å². The van der Waals surface area contributed by atoms with E-state index in [4.69, 9.17) is 11.1 Å². The number of nitrogens with one attached hydrogen (secondary N) is 1. The van der Waals surface area contributed by atoms with Gasteiger partial charge in [0.25, 0.3) is 0 Å². The Bertz CT molecular complexity index is 375. The van der Waals surface area contributed by atoms with Crippen LogP contribution in [0.4, 0.5) is 5.69 Å². The highest BCUT2D eigenvalue weighted by atomic mass is 15.2. The maximum atomic E-state index is 7.28. The van der Waals surface area contributed by atoms with Crippen LogP contribution >= 0.6 is 0 Å². The highest BCUT2D eigenvalue weighted by Crippen LogP contribution is 2.26. The fourth-order valence-electron chi connectivity index (χ4n) is 2.07. The molecule has 0 aliphatic carbocycles. The van der Waals surface area contributed by atoms with E-state index in [1.54, 1.807) is 0 Å². The maximum absolute atomic E-state index is 7.28.